The van der Waals surface area contributed by atoms with Crippen molar-refractivity contribution in [1.29, 1.82) is 0 Å². The average Bonchev–Trinajstić information content (AvgIpc) is 2.27. The first-order chi connectivity index (χ1) is 7.51. The Morgan fingerprint density at radius 3 is 2.50 bits per heavy atom. The van der Waals surface area contributed by atoms with E-state index in [1.54, 1.807) is 0 Å². The summed E-state index contributed by atoms with van der Waals surface area (Å²) in [4.78, 5) is 0. The zero-order valence-electron chi connectivity index (χ0n) is 10.3. The minimum absolute atomic E-state index is 0.198. The Morgan fingerprint density at radius 1 is 1.38 bits per heavy atom. The van der Waals surface area contributed by atoms with Gasteiger partial charge in [-0.25, -0.2) is 0 Å². The van der Waals surface area contributed by atoms with Crippen molar-refractivity contribution in [2.45, 2.75) is 39.7 Å². The first kappa shape index (κ1) is 13.7. The quantitative estimate of drug-likeness (QED) is 0.643. The number of rotatable bonds is 5. The second kappa shape index (κ2) is 5.80. The molecule has 1 aromatic rings. The summed E-state index contributed by atoms with van der Waals surface area (Å²) in [7, 11) is 0. The molecule has 1 rings (SSSR count). The minimum atomic E-state index is 0.198. The molecule has 0 aliphatic rings. The minimum Gasteiger partial charge on any atom is -0.271 e. The molecule has 0 bridgehead atoms. The van der Waals surface area contributed by atoms with Gasteiger partial charge in [-0.2, -0.15) is 0 Å². The van der Waals surface area contributed by atoms with E-state index >= 15 is 0 Å². The molecule has 90 valence electrons. The molecule has 1 aromatic carbocycles. The van der Waals surface area contributed by atoms with Gasteiger partial charge in [0.25, 0.3) is 0 Å². The SMILES string of the molecule is CCC(C)(C)C(Cc1ccccc1Br)NN. The van der Waals surface area contributed by atoms with Crippen molar-refractivity contribution in [2.75, 3.05) is 0 Å². The van der Waals surface area contributed by atoms with Gasteiger partial charge in [-0.1, -0.05) is 54.9 Å². The third kappa shape index (κ3) is 3.30. The Balaban J connectivity index is 2.82. The molecule has 3 N–H and O–H groups in total. The lowest BCUT2D eigenvalue weighted by molar-refractivity contribution is 0.231. The number of hydrogen-bond acceptors (Lipinski definition) is 2. The third-order valence-corrected chi connectivity index (χ3v) is 4.21. The Morgan fingerprint density at radius 2 is 2.00 bits per heavy atom. The van der Waals surface area contributed by atoms with Crippen molar-refractivity contribution in [3.63, 3.8) is 0 Å². The number of hydrogen-bond donors (Lipinski definition) is 2. The maximum Gasteiger partial charge on any atom is 0.0302 e. The molecule has 0 saturated carbocycles. The third-order valence-electron chi connectivity index (χ3n) is 3.44. The summed E-state index contributed by atoms with van der Waals surface area (Å²) in [5.74, 6) is 5.67. The molecular weight excluding hydrogens is 264 g/mol. The Labute approximate surface area is 107 Å². The van der Waals surface area contributed by atoms with Crippen LogP contribution in [0.15, 0.2) is 28.7 Å². The van der Waals surface area contributed by atoms with Gasteiger partial charge < -0.3 is 0 Å². The van der Waals surface area contributed by atoms with Crippen molar-refractivity contribution in [1.82, 2.24) is 5.43 Å². The van der Waals surface area contributed by atoms with E-state index in [2.05, 4.69) is 60.3 Å². The van der Waals surface area contributed by atoms with Gasteiger partial charge >= 0.3 is 0 Å². The highest BCUT2D eigenvalue weighted by Gasteiger charge is 2.27. The van der Waals surface area contributed by atoms with Crippen molar-refractivity contribution in [3.8, 4) is 0 Å². The van der Waals surface area contributed by atoms with Gasteiger partial charge in [0.05, 0.1) is 0 Å². The molecule has 0 aliphatic heterocycles. The highest BCUT2D eigenvalue weighted by Crippen LogP contribution is 2.28. The van der Waals surface area contributed by atoms with Crippen LogP contribution in [0.5, 0.6) is 0 Å². The van der Waals surface area contributed by atoms with Crippen molar-refractivity contribution in [2.24, 2.45) is 11.3 Å². The fourth-order valence-electron chi connectivity index (χ4n) is 1.69. The molecule has 0 aromatic heterocycles. The molecule has 0 heterocycles. The van der Waals surface area contributed by atoms with Crippen LogP contribution in [-0.4, -0.2) is 6.04 Å². The molecule has 0 aliphatic carbocycles. The van der Waals surface area contributed by atoms with E-state index in [1.807, 2.05) is 6.07 Å². The first-order valence-electron chi connectivity index (χ1n) is 5.70. The standard InChI is InChI=1S/C13H21BrN2/c1-4-13(2,3)12(16-15)9-10-7-5-6-8-11(10)14/h5-8,12,16H,4,9,15H2,1-3H3. The second-order valence-electron chi connectivity index (χ2n) is 4.86. The van der Waals surface area contributed by atoms with E-state index in [9.17, 15) is 0 Å². The molecule has 1 unspecified atom stereocenters. The van der Waals surface area contributed by atoms with Crippen LogP contribution < -0.4 is 11.3 Å². The fourth-order valence-corrected chi connectivity index (χ4v) is 2.14. The molecule has 0 radical (unpaired) electrons. The summed E-state index contributed by atoms with van der Waals surface area (Å²) in [6.45, 7) is 6.69. The van der Waals surface area contributed by atoms with Crippen molar-refractivity contribution in [3.05, 3.63) is 34.3 Å². The van der Waals surface area contributed by atoms with Crippen LogP contribution in [0.3, 0.4) is 0 Å². The number of hydrazine groups is 1. The molecule has 2 nitrogen and oxygen atoms in total. The molecule has 0 saturated heterocycles. The van der Waals surface area contributed by atoms with Gasteiger partial charge in [-0.15, -0.1) is 0 Å². The largest absolute Gasteiger partial charge is 0.271 e. The van der Waals surface area contributed by atoms with Gasteiger partial charge in [0.2, 0.25) is 0 Å². The van der Waals surface area contributed by atoms with Crippen LogP contribution in [0.2, 0.25) is 0 Å². The Bertz CT molecular complexity index is 336. The summed E-state index contributed by atoms with van der Waals surface area (Å²) < 4.78 is 1.15. The lowest BCUT2D eigenvalue weighted by atomic mass is 9.79. The van der Waals surface area contributed by atoms with Crippen LogP contribution in [-0.2, 0) is 6.42 Å². The number of benzene rings is 1. The molecule has 16 heavy (non-hydrogen) atoms. The molecule has 0 fully saturated rings. The average molecular weight is 285 g/mol. The number of nitrogens with two attached hydrogens (primary N) is 1. The normalized spacial score (nSPS) is 13.8. The summed E-state index contributed by atoms with van der Waals surface area (Å²) >= 11 is 3.57. The number of halogens is 1. The van der Waals surface area contributed by atoms with Crippen molar-refractivity contribution < 1.29 is 0 Å². The van der Waals surface area contributed by atoms with E-state index in [4.69, 9.17) is 5.84 Å². The smallest absolute Gasteiger partial charge is 0.0302 e. The van der Waals surface area contributed by atoms with Gasteiger partial charge in [0.15, 0.2) is 0 Å². The van der Waals surface area contributed by atoms with E-state index in [0.29, 0.717) is 0 Å². The lowest BCUT2D eigenvalue weighted by Crippen LogP contribution is -2.46. The van der Waals surface area contributed by atoms with E-state index in [1.165, 1.54) is 5.56 Å². The number of nitrogens with one attached hydrogen (secondary N) is 1. The molecular formula is C13H21BrN2. The van der Waals surface area contributed by atoms with Crippen LogP contribution in [0.4, 0.5) is 0 Å². The first-order valence-corrected chi connectivity index (χ1v) is 6.50. The van der Waals surface area contributed by atoms with E-state index in [-0.39, 0.29) is 11.5 Å². The zero-order valence-corrected chi connectivity index (χ0v) is 11.8. The maximum absolute atomic E-state index is 5.67. The molecule has 3 heteroatoms. The fraction of sp³-hybridized carbons (Fsp3) is 0.538. The topological polar surface area (TPSA) is 38.0 Å². The van der Waals surface area contributed by atoms with Crippen LogP contribution in [0.25, 0.3) is 0 Å². The van der Waals surface area contributed by atoms with Gasteiger partial charge in [-0.3, -0.25) is 11.3 Å². The summed E-state index contributed by atoms with van der Waals surface area (Å²) in [5.41, 5.74) is 4.44. The van der Waals surface area contributed by atoms with Gasteiger partial charge in [0, 0.05) is 10.5 Å². The van der Waals surface area contributed by atoms with E-state index in [0.717, 1.165) is 17.3 Å². The predicted molar refractivity (Wildman–Crippen MR) is 73.0 cm³/mol. The lowest BCUT2D eigenvalue weighted by Gasteiger charge is -2.33. The summed E-state index contributed by atoms with van der Waals surface area (Å²) in [5, 5.41) is 0. The van der Waals surface area contributed by atoms with Crippen LogP contribution >= 0.6 is 15.9 Å². The molecule has 0 amide bonds. The van der Waals surface area contributed by atoms with Gasteiger partial charge in [-0.05, 0) is 29.9 Å². The highest BCUT2D eigenvalue weighted by atomic mass is 79.9. The molecule has 1 atom stereocenters. The summed E-state index contributed by atoms with van der Waals surface area (Å²) in [6.07, 6.45) is 2.05. The zero-order chi connectivity index (χ0) is 12.2. The highest BCUT2D eigenvalue weighted by molar-refractivity contribution is 9.10. The van der Waals surface area contributed by atoms with E-state index < -0.39 is 0 Å². The molecule has 0 spiro atoms. The maximum atomic E-state index is 5.67. The summed E-state index contributed by atoms with van der Waals surface area (Å²) in [6, 6.07) is 8.59. The van der Waals surface area contributed by atoms with Crippen LogP contribution in [0, 0.1) is 5.41 Å². The monoisotopic (exact) mass is 284 g/mol. The van der Waals surface area contributed by atoms with Gasteiger partial charge in [0.1, 0.15) is 0 Å². The second-order valence-corrected chi connectivity index (χ2v) is 5.71. The Kier molecular flexibility index (Phi) is 4.96. The predicted octanol–water partition coefficient (Wildman–Crippen LogP) is 3.26. The Hall–Kier alpha value is -0.380. The van der Waals surface area contributed by atoms with Crippen LogP contribution in [0.1, 0.15) is 32.8 Å². The van der Waals surface area contributed by atoms with Crippen molar-refractivity contribution >= 4 is 15.9 Å².